The van der Waals surface area contributed by atoms with Gasteiger partial charge in [0.2, 0.25) is 5.82 Å². The number of aromatic nitrogens is 2. The van der Waals surface area contributed by atoms with Crippen LogP contribution in [0.2, 0.25) is 0 Å². The third kappa shape index (κ3) is 4.27. The van der Waals surface area contributed by atoms with Crippen LogP contribution < -0.4 is 10.1 Å². The number of benzene rings is 3. The molecule has 3 aromatic carbocycles. The number of nitrogens with one attached hydrogen (secondary N) is 1. The molecule has 0 atom stereocenters. The number of nitrogens with zero attached hydrogens (tertiary/aromatic N) is 2. The average Bonchev–Trinajstić information content (AvgIpc) is 3.16. The zero-order valence-electron chi connectivity index (χ0n) is 16.7. The van der Waals surface area contributed by atoms with E-state index in [0.29, 0.717) is 0 Å². The summed E-state index contributed by atoms with van der Waals surface area (Å²) in [7, 11) is 0. The van der Waals surface area contributed by atoms with Crippen LogP contribution >= 0.6 is 0 Å². The Morgan fingerprint density at radius 2 is 1.79 bits per heavy atom. The second kappa shape index (κ2) is 8.38. The van der Waals surface area contributed by atoms with Crippen molar-refractivity contribution in [2.75, 3.05) is 5.32 Å². The maximum Gasteiger partial charge on any atom is 0.450 e. The number of amides is 1. The molecule has 1 aromatic heterocycles. The summed E-state index contributed by atoms with van der Waals surface area (Å²) in [6.45, 7) is 3.41. The number of hydrogen-bond donors (Lipinski definition) is 1. The number of halogens is 5. The zero-order valence-corrected chi connectivity index (χ0v) is 16.7. The third-order valence-electron chi connectivity index (χ3n) is 4.68. The molecular formula is C23H14F5N3O2. The molecule has 0 aliphatic carbocycles. The lowest BCUT2D eigenvalue weighted by atomic mass is 10.2. The van der Waals surface area contributed by atoms with Gasteiger partial charge in [0, 0.05) is 17.4 Å². The Kier molecular flexibility index (Phi) is 5.59. The Labute approximate surface area is 183 Å². The highest BCUT2D eigenvalue weighted by molar-refractivity contribution is 6.04. The molecular weight excluding hydrogens is 445 g/mol. The molecule has 0 bridgehead atoms. The number of anilines is 1. The third-order valence-corrected chi connectivity index (χ3v) is 4.68. The maximum atomic E-state index is 13.8. The Balaban J connectivity index is 1.69. The van der Waals surface area contributed by atoms with Crippen molar-refractivity contribution in [2.24, 2.45) is 0 Å². The number of rotatable bonds is 5. The Bertz CT molecular complexity index is 1360. The number of alkyl halides is 3. The van der Waals surface area contributed by atoms with Crippen molar-refractivity contribution in [1.82, 2.24) is 9.55 Å². The van der Waals surface area contributed by atoms with Gasteiger partial charge in [-0.1, -0.05) is 12.6 Å². The monoisotopic (exact) mass is 459 g/mol. The van der Waals surface area contributed by atoms with Gasteiger partial charge >= 0.3 is 6.18 Å². The minimum atomic E-state index is -4.75. The average molecular weight is 459 g/mol. The second-order valence-electron chi connectivity index (χ2n) is 6.81. The van der Waals surface area contributed by atoms with Crippen molar-refractivity contribution in [3.8, 4) is 11.4 Å². The van der Waals surface area contributed by atoms with E-state index in [-0.39, 0.29) is 28.2 Å². The lowest BCUT2D eigenvalue weighted by molar-refractivity contribution is -0.145. The largest absolute Gasteiger partial charge is 0.466 e. The molecule has 0 radical (unpaired) electrons. The van der Waals surface area contributed by atoms with Crippen LogP contribution in [-0.4, -0.2) is 15.5 Å². The van der Waals surface area contributed by atoms with Crippen LogP contribution in [0.5, 0.6) is 5.75 Å². The first-order valence-corrected chi connectivity index (χ1v) is 9.42. The minimum absolute atomic E-state index is 0.0561. The fourth-order valence-corrected chi connectivity index (χ4v) is 3.25. The van der Waals surface area contributed by atoms with E-state index in [2.05, 4.69) is 16.9 Å². The molecule has 0 saturated heterocycles. The molecule has 0 aliphatic rings. The SMILES string of the molecule is C=COc1ccc2c(c1)nc(C(F)(F)F)n2-c1ccc(NC(=O)c2cccc(F)c2F)cc1. The lowest BCUT2D eigenvalue weighted by Gasteiger charge is -2.13. The topological polar surface area (TPSA) is 56.1 Å². The molecule has 0 spiro atoms. The van der Waals surface area contributed by atoms with Crippen molar-refractivity contribution in [3.63, 3.8) is 0 Å². The summed E-state index contributed by atoms with van der Waals surface area (Å²) >= 11 is 0. The van der Waals surface area contributed by atoms with Gasteiger partial charge in [0.05, 0.1) is 22.9 Å². The smallest absolute Gasteiger partial charge is 0.450 e. The molecule has 1 heterocycles. The highest BCUT2D eigenvalue weighted by atomic mass is 19.4. The van der Waals surface area contributed by atoms with Gasteiger partial charge in [0.1, 0.15) is 5.75 Å². The lowest BCUT2D eigenvalue weighted by Crippen LogP contribution is -2.15. The normalized spacial score (nSPS) is 11.4. The van der Waals surface area contributed by atoms with Crippen molar-refractivity contribution < 1.29 is 31.5 Å². The molecule has 4 aromatic rings. The number of carbonyl (C=O) groups excluding carboxylic acids is 1. The summed E-state index contributed by atoms with van der Waals surface area (Å²) in [4.78, 5) is 16.0. The summed E-state index contributed by atoms with van der Waals surface area (Å²) in [5.41, 5.74) is 0.0267. The fraction of sp³-hybridized carbons (Fsp3) is 0.0435. The quantitative estimate of drug-likeness (QED) is 0.290. The molecule has 0 fully saturated rings. The Morgan fingerprint density at radius 1 is 1.06 bits per heavy atom. The van der Waals surface area contributed by atoms with E-state index in [0.717, 1.165) is 23.0 Å². The highest BCUT2D eigenvalue weighted by Gasteiger charge is 2.38. The number of hydrogen-bond acceptors (Lipinski definition) is 3. The van der Waals surface area contributed by atoms with Gasteiger partial charge in [-0.05, 0) is 48.5 Å². The van der Waals surface area contributed by atoms with Crippen LogP contribution in [0, 0.1) is 11.6 Å². The van der Waals surface area contributed by atoms with Crippen LogP contribution in [0.1, 0.15) is 16.2 Å². The van der Waals surface area contributed by atoms with Gasteiger partial charge in [0.25, 0.3) is 5.91 Å². The first-order chi connectivity index (χ1) is 15.7. The summed E-state index contributed by atoms with van der Waals surface area (Å²) in [5.74, 6) is -4.25. The molecule has 0 unspecified atom stereocenters. The number of ether oxygens (including phenoxy) is 1. The van der Waals surface area contributed by atoms with E-state index >= 15 is 0 Å². The molecule has 0 aliphatic heterocycles. The zero-order chi connectivity index (χ0) is 23.8. The molecule has 1 N–H and O–H groups in total. The van der Waals surface area contributed by atoms with E-state index in [1.807, 2.05) is 0 Å². The molecule has 10 heteroatoms. The Hall–Kier alpha value is -4.21. The van der Waals surface area contributed by atoms with Crippen LogP contribution in [0.4, 0.5) is 27.6 Å². The van der Waals surface area contributed by atoms with Crippen LogP contribution in [0.25, 0.3) is 16.7 Å². The maximum absolute atomic E-state index is 13.8. The van der Waals surface area contributed by atoms with Crippen LogP contribution in [-0.2, 0) is 6.18 Å². The number of imidazole rings is 1. The van der Waals surface area contributed by atoms with E-state index in [1.165, 1.54) is 48.5 Å². The Morgan fingerprint density at radius 3 is 2.45 bits per heavy atom. The van der Waals surface area contributed by atoms with Crippen LogP contribution in [0.3, 0.4) is 0 Å². The summed E-state index contributed by atoms with van der Waals surface area (Å²) < 4.78 is 74.2. The van der Waals surface area contributed by atoms with Gasteiger partial charge in [-0.3, -0.25) is 9.36 Å². The van der Waals surface area contributed by atoms with Gasteiger partial charge in [-0.25, -0.2) is 13.8 Å². The molecule has 0 saturated carbocycles. The summed E-state index contributed by atoms with van der Waals surface area (Å²) in [5, 5.41) is 2.38. The molecule has 1 amide bonds. The first-order valence-electron chi connectivity index (χ1n) is 9.42. The van der Waals surface area contributed by atoms with Crippen molar-refractivity contribution in [3.05, 3.63) is 96.5 Å². The predicted molar refractivity (Wildman–Crippen MR) is 111 cm³/mol. The number of carbonyl (C=O) groups is 1. The highest BCUT2D eigenvalue weighted by Crippen LogP contribution is 2.35. The summed E-state index contributed by atoms with van der Waals surface area (Å²) in [6.07, 6.45) is -3.61. The van der Waals surface area contributed by atoms with Crippen LogP contribution in [0.15, 0.2) is 73.5 Å². The van der Waals surface area contributed by atoms with Crippen molar-refractivity contribution in [2.45, 2.75) is 6.18 Å². The standard InChI is InChI=1S/C23H14F5N3O2/c1-2-33-15-10-11-19-18(12-15)30-22(23(26,27)28)31(19)14-8-6-13(7-9-14)29-21(32)16-4-3-5-17(24)20(16)25/h2-12H,1H2,(H,29,32). The second-order valence-corrected chi connectivity index (χ2v) is 6.81. The minimum Gasteiger partial charge on any atom is -0.466 e. The van der Waals surface area contributed by atoms with E-state index in [4.69, 9.17) is 4.74 Å². The van der Waals surface area contributed by atoms with Crippen molar-refractivity contribution in [1.29, 1.82) is 0 Å². The molecule has 5 nitrogen and oxygen atoms in total. The molecule has 168 valence electrons. The van der Waals surface area contributed by atoms with E-state index in [1.54, 1.807) is 0 Å². The summed E-state index contributed by atoms with van der Waals surface area (Å²) in [6, 6.07) is 12.8. The van der Waals surface area contributed by atoms with Gasteiger partial charge in [0.15, 0.2) is 11.6 Å². The number of fused-ring (bicyclic) bond motifs is 1. The molecule has 33 heavy (non-hydrogen) atoms. The van der Waals surface area contributed by atoms with Crippen molar-refractivity contribution >= 4 is 22.6 Å². The van der Waals surface area contributed by atoms with Gasteiger partial charge in [-0.2, -0.15) is 13.2 Å². The first kappa shape index (κ1) is 22.0. The fourth-order valence-electron chi connectivity index (χ4n) is 3.25. The van der Waals surface area contributed by atoms with Gasteiger partial charge < -0.3 is 10.1 Å². The molecule has 4 rings (SSSR count). The van der Waals surface area contributed by atoms with E-state index < -0.39 is 35.1 Å². The predicted octanol–water partition coefficient (Wildman–Crippen LogP) is 6.10. The van der Waals surface area contributed by atoms with Gasteiger partial charge in [-0.15, -0.1) is 0 Å². The van der Waals surface area contributed by atoms with E-state index in [9.17, 15) is 26.7 Å².